The summed E-state index contributed by atoms with van der Waals surface area (Å²) in [5.41, 5.74) is 5.71. The monoisotopic (exact) mass is 385 g/mol. The molecule has 0 atom stereocenters. The zero-order valence-corrected chi connectivity index (χ0v) is 16.4. The molecular formula is C22H21Cl2NO. The Balaban J connectivity index is 1.62. The van der Waals surface area contributed by atoms with Gasteiger partial charge in [-0.15, -0.1) is 0 Å². The molecule has 26 heavy (non-hydrogen) atoms. The summed E-state index contributed by atoms with van der Waals surface area (Å²) in [7, 11) is 0. The molecule has 3 aromatic carbocycles. The van der Waals surface area contributed by atoms with Crippen LogP contribution in [0.15, 0.2) is 60.7 Å². The van der Waals surface area contributed by atoms with Crippen molar-refractivity contribution >= 4 is 28.9 Å². The third-order valence-electron chi connectivity index (χ3n) is 4.16. The van der Waals surface area contributed by atoms with Gasteiger partial charge >= 0.3 is 0 Å². The van der Waals surface area contributed by atoms with Crippen molar-refractivity contribution in [2.45, 2.75) is 27.0 Å². The standard InChI is InChI=1S/C22H21Cl2NO/c1-15-6-7-16(2)21(10-15)25-13-17-8-9-22(20(24)12-17)26-14-18-4-3-5-19(23)11-18/h3-12,25H,13-14H2,1-2H3. The van der Waals surface area contributed by atoms with E-state index in [1.807, 2.05) is 42.5 Å². The summed E-state index contributed by atoms with van der Waals surface area (Å²) >= 11 is 12.4. The number of aryl methyl sites for hydroxylation is 2. The van der Waals surface area contributed by atoms with E-state index in [1.165, 1.54) is 11.1 Å². The third-order valence-corrected chi connectivity index (χ3v) is 4.69. The highest BCUT2D eigenvalue weighted by Gasteiger charge is 2.05. The average molecular weight is 386 g/mol. The molecule has 0 aliphatic heterocycles. The van der Waals surface area contributed by atoms with Crippen molar-refractivity contribution in [2.24, 2.45) is 0 Å². The van der Waals surface area contributed by atoms with Crippen LogP contribution in [0.2, 0.25) is 10.0 Å². The van der Waals surface area contributed by atoms with Gasteiger partial charge in [0.1, 0.15) is 12.4 Å². The number of hydrogen-bond acceptors (Lipinski definition) is 2. The van der Waals surface area contributed by atoms with Crippen LogP contribution >= 0.6 is 23.2 Å². The molecule has 0 bridgehead atoms. The fourth-order valence-electron chi connectivity index (χ4n) is 2.68. The predicted molar refractivity (Wildman–Crippen MR) is 110 cm³/mol. The molecule has 0 spiro atoms. The minimum absolute atomic E-state index is 0.431. The van der Waals surface area contributed by atoms with Gasteiger partial charge in [-0.1, -0.05) is 53.5 Å². The maximum Gasteiger partial charge on any atom is 0.138 e. The number of hydrogen-bond donors (Lipinski definition) is 1. The van der Waals surface area contributed by atoms with E-state index in [2.05, 4.69) is 37.4 Å². The Kier molecular flexibility index (Phi) is 6.08. The van der Waals surface area contributed by atoms with Crippen LogP contribution in [0.1, 0.15) is 22.3 Å². The number of benzene rings is 3. The Morgan fingerprint density at radius 3 is 2.50 bits per heavy atom. The number of ether oxygens (including phenoxy) is 1. The molecule has 0 heterocycles. The molecule has 2 nitrogen and oxygen atoms in total. The SMILES string of the molecule is Cc1ccc(C)c(NCc2ccc(OCc3cccc(Cl)c3)c(Cl)c2)c1. The highest BCUT2D eigenvalue weighted by molar-refractivity contribution is 6.32. The lowest BCUT2D eigenvalue weighted by Crippen LogP contribution is -2.02. The van der Waals surface area contributed by atoms with E-state index in [0.717, 1.165) is 16.8 Å². The van der Waals surface area contributed by atoms with Gasteiger partial charge in [0.05, 0.1) is 5.02 Å². The Bertz CT molecular complexity index is 908. The highest BCUT2D eigenvalue weighted by atomic mass is 35.5. The Morgan fingerprint density at radius 2 is 1.73 bits per heavy atom. The lowest BCUT2D eigenvalue weighted by molar-refractivity contribution is 0.306. The normalized spacial score (nSPS) is 10.6. The summed E-state index contributed by atoms with van der Waals surface area (Å²) in [6.45, 7) is 5.33. The summed E-state index contributed by atoms with van der Waals surface area (Å²) in [6.07, 6.45) is 0. The van der Waals surface area contributed by atoms with Crippen molar-refractivity contribution in [3.63, 3.8) is 0 Å². The van der Waals surface area contributed by atoms with Crippen molar-refractivity contribution < 1.29 is 4.74 Å². The van der Waals surface area contributed by atoms with E-state index in [-0.39, 0.29) is 0 Å². The number of anilines is 1. The van der Waals surface area contributed by atoms with Gasteiger partial charge in [-0.3, -0.25) is 0 Å². The molecule has 0 unspecified atom stereocenters. The third kappa shape index (κ3) is 4.94. The van der Waals surface area contributed by atoms with Crippen LogP contribution in [0.3, 0.4) is 0 Å². The van der Waals surface area contributed by atoms with Crippen molar-refractivity contribution in [2.75, 3.05) is 5.32 Å². The van der Waals surface area contributed by atoms with E-state index in [1.54, 1.807) is 0 Å². The molecule has 0 radical (unpaired) electrons. The van der Waals surface area contributed by atoms with Crippen LogP contribution in [0.25, 0.3) is 0 Å². The summed E-state index contributed by atoms with van der Waals surface area (Å²) in [4.78, 5) is 0. The van der Waals surface area contributed by atoms with Crippen LogP contribution in [0.5, 0.6) is 5.75 Å². The summed E-state index contributed by atoms with van der Waals surface area (Å²) in [5, 5.41) is 4.77. The highest BCUT2D eigenvalue weighted by Crippen LogP contribution is 2.27. The molecule has 0 saturated heterocycles. The first kappa shape index (κ1) is 18.6. The quantitative estimate of drug-likeness (QED) is 0.503. The fourth-order valence-corrected chi connectivity index (χ4v) is 3.15. The smallest absolute Gasteiger partial charge is 0.138 e. The van der Waals surface area contributed by atoms with Crippen LogP contribution in [-0.4, -0.2) is 0 Å². The molecular weight excluding hydrogens is 365 g/mol. The van der Waals surface area contributed by atoms with Crippen LogP contribution in [-0.2, 0) is 13.2 Å². The van der Waals surface area contributed by atoms with Crippen LogP contribution in [0.4, 0.5) is 5.69 Å². The maximum absolute atomic E-state index is 6.39. The number of halogens is 2. The largest absolute Gasteiger partial charge is 0.487 e. The second kappa shape index (κ2) is 8.48. The number of nitrogens with one attached hydrogen (secondary N) is 1. The summed E-state index contributed by atoms with van der Waals surface area (Å²) in [6, 6.07) is 19.9. The molecule has 4 heteroatoms. The van der Waals surface area contributed by atoms with Gasteiger partial charge in [-0.25, -0.2) is 0 Å². The van der Waals surface area contributed by atoms with Gasteiger partial charge in [-0.2, -0.15) is 0 Å². The Hall–Kier alpha value is -2.16. The summed E-state index contributed by atoms with van der Waals surface area (Å²) in [5.74, 6) is 0.669. The van der Waals surface area contributed by atoms with Crippen molar-refractivity contribution in [1.82, 2.24) is 0 Å². The van der Waals surface area contributed by atoms with E-state index < -0.39 is 0 Å². The van der Waals surface area contributed by atoms with E-state index in [9.17, 15) is 0 Å². The molecule has 0 aromatic heterocycles. The molecule has 0 saturated carbocycles. The lowest BCUT2D eigenvalue weighted by atomic mass is 10.1. The van der Waals surface area contributed by atoms with Crippen LogP contribution in [0, 0.1) is 13.8 Å². The second-order valence-electron chi connectivity index (χ2n) is 6.36. The zero-order valence-electron chi connectivity index (χ0n) is 14.9. The number of rotatable bonds is 6. The molecule has 3 aromatic rings. The van der Waals surface area contributed by atoms with Gasteiger partial charge in [0, 0.05) is 17.3 Å². The average Bonchev–Trinajstić information content (AvgIpc) is 2.62. The van der Waals surface area contributed by atoms with Gasteiger partial charge < -0.3 is 10.1 Å². The first-order valence-electron chi connectivity index (χ1n) is 8.48. The molecule has 3 rings (SSSR count). The van der Waals surface area contributed by atoms with E-state index >= 15 is 0 Å². The molecule has 0 fully saturated rings. The van der Waals surface area contributed by atoms with Gasteiger partial charge in [-0.05, 0) is 66.4 Å². The minimum Gasteiger partial charge on any atom is -0.487 e. The topological polar surface area (TPSA) is 21.3 Å². The first-order valence-corrected chi connectivity index (χ1v) is 9.23. The first-order chi connectivity index (χ1) is 12.5. The van der Waals surface area contributed by atoms with Gasteiger partial charge in [0.2, 0.25) is 0 Å². The van der Waals surface area contributed by atoms with Crippen molar-refractivity contribution in [1.29, 1.82) is 0 Å². The van der Waals surface area contributed by atoms with Crippen molar-refractivity contribution in [3.8, 4) is 5.75 Å². The Morgan fingerprint density at radius 1 is 0.885 bits per heavy atom. The molecule has 1 N–H and O–H groups in total. The van der Waals surface area contributed by atoms with Gasteiger partial charge in [0.15, 0.2) is 0 Å². The maximum atomic E-state index is 6.39. The van der Waals surface area contributed by atoms with Gasteiger partial charge in [0.25, 0.3) is 0 Å². The Labute approximate surface area is 164 Å². The zero-order chi connectivity index (χ0) is 18.5. The summed E-state index contributed by atoms with van der Waals surface area (Å²) < 4.78 is 5.82. The minimum atomic E-state index is 0.431. The van der Waals surface area contributed by atoms with E-state index in [4.69, 9.17) is 27.9 Å². The molecule has 134 valence electrons. The predicted octanol–water partition coefficient (Wildman–Crippen LogP) is 6.80. The lowest BCUT2D eigenvalue weighted by Gasteiger charge is -2.13. The van der Waals surface area contributed by atoms with Crippen LogP contribution < -0.4 is 10.1 Å². The van der Waals surface area contributed by atoms with Crippen molar-refractivity contribution in [3.05, 3.63) is 93.0 Å². The second-order valence-corrected chi connectivity index (χ2v) is 7.20. The fraction of sp³-hybridized carbons (Fsp3) is 0.182. The molecule has 0 amide bonds. The van der Waals surface area contributed by atoms with E-state index in [0.29, 0.717) is 28.9 Å². The molecule has 0 aliphatic rings. The molecule has 0 aliphatic carbocycles.